The van der Waals surface area contributed by atoms with Gasteiger partial charge in [-0.25, -0.2) is 14.4 Å². The molecule has 1 N–H and O–H groups in total. The van der Waals surface area contributed by atoms with Crippen molar-refractivity contribution in [3.8, 4) is 5.75 Å². The summed E-state index contributed by atoms with van der Waals surface area (Å²) in [5, 5.41) is 3.32. The van der Waals surface area contributed by atoms with Gasteiger partial charge < -0.3 is 15.0 Å². The number of likely N-dealkylation sites (tertiary alicyclic amines) is 1. The molecule has 3 heterocycles. The van der Waals surface area contributed by atoms with Crippen molar-refractivity contribution in [1.29, 1.82) is 0 Å². The Hall–Kier alpha value is -2.54. The van der Waals surface area contributed by atoms with Crippen molar-refractivity contribution in [3.63, 3.8) is 0 Å². The van der Waals surface area contributed by atoms with Crippen LogP contribution < -0.4 is 10.1 Å². The van der Waals surface area contributed by atoms with Gasteiger partial charge in [0.05, 0.1) is 0 Å². The predicted molar refractivity (Wildman–Crippen MR) is 97.9 cm³/mol. The van der Waals surface area contributed by atoms with Crippen LogP contribution in [-0.4, -0.2) is 47.0 Å². The van der Waals surface area contributed by atoms with E-state index >= 15 is 0 Å². The van der Waals surface area contributed by atoms with Gasteiger partial charge >= 0.3 is 0 Å². The zero-order valence-electron chi connectivity index (χ0n) is 15.2. The SMILES string of the molecule is O=C(COc1ccccc1F)N1CCCC(c2ncc3c(n2)CCNC3)C1. The number of nitrogens with one attached hydrogen (secondary N) is 1. The van der Waals surface area contributed by atoms with Crippen LogP contribution >= 0.6 is 0 Å². The number of carbonyl (C=O) groups excluding carboxylic acids is 1. The molecule has 7 heteroatoms. The number of nitrogens with zero attached hydrogens (tertiary/aromatic N) is 3. The van der Waals surface area contributed by atoms with Crippen molar-refractivity contribution in [1.82, 2.24) is 20.2 Å². The lowest BCUT2D eigenvalue weighted by Gasteiger charge is -2.32. The lowest BCUT2D eigenvalue weighted by molar-refractivity contribution is -0.134. The third kappa shape index (κ3) is 4.08. The second kappa shape index (κ2) is 8.00. The van der Waals surface area contributed by atoms with Crippen molar-refractivity contribution in [2.75, 3.05) is 26.2 Å². The zero-order valence-corrected chi connectivity index (χ0v) is 15.2. The van der Waals surface area contributed by atoms with Crippen molar-refractivity contribution in [2.24, 2.45) is 0 Å². The first-order valence-electron chi connectivity index (χ1n) is 9.41. The third-order valence-corrected chi connectivity index (χ3v) is 5.15. The number of carbonyl (C=O) groups is 1. The normalized spacial score (nSPS) is 19.4. The largest absolute Gasteiger partial charge is 0.481 e. The fraction of sp³-hybridized carbons (Fsp3) is 0.450. The second-order valence-corrected chi connectivity index (χ2v) is 7.02. The van der Waals surface area contributed by atoms with Crippen molar-refractivity contribution in [2.45, 2.75) is 31.7 Å². The Balaban J connectivity index is 1.39. The average Bonchev–Trinajstić information content (AvgIpc) is 2.72. The Kier molecular flexibility index (Phi) is 5.29. The maximum absolute atomic E-state index is 13.6. The molecule has 2 aliphatic rings. The van der Waals surface area contributed by atoms with Gasteiger partial charge in [-0.1, -0.05) is 12.1 Å². The maximum Gasteiger partial charge on any atom is 0.260 e. The van der Waals surface area contributed by atoms with Gasteiger partial charge in [0.25, 0.3) is 5.91 Å². The van der Waals surface area contributed by atoms with Crippen LogP contribution in [0.15, 0.2) is 30.5 Å². The molecular weight excluding hydrogens is 347 g/mol. The van der Waals surface area contributed by atoms with Crippen LogP contribution in [0.25, 0.3) is 0 Å². The Morgan fingerprint density at radius 1 is 1.37 bits per heavy atom. The molecule has 0 aliphatic carbocycles. The molecule has 6 nitrogen and oxygen atoms in total. The number of halogens is 1. The summed E-state index contributed by atoms with van der Waals surface area (Å²) >= 11 is 0. The molecule has 0 radical (unpaired) electrons. The molecule has 1 unspecified atom stereocenters. The fourth-order valence-corrected chi connectivity index (χ4v) is 3.66. The summed E-state index contributed by atoms with van der Waals surface area (Å²) in [7, 11) is 0. The lowest BCUT2D eigenvalue weighted by Crippen LogP contribution is -2.42. The maximum atomic E-state index is 13.6. The number of rotatable bonds is 4. The first kappa shape index (κ1) is 17.9. The highest BCUT2D eigenvalue weighted by Gasteiger charge is 2.27. The lowest BCUT2D eigenvalue weighted by atomic mass is 9.96. The minimum absolute atomic E-state index is 0.103. The molecule has 0 saturated carbocycles. The van der Waals surface area contributed by atoms with Crippen molar-refractivity contribution >= 4 is 5.91 Å². The van der Waals surface area contributed by atoms with Gasteiger partial charge in [-0.3, -0.25) is 4.79 Å². The van der Waals surface area contributed by atoms with Crippen molar-refractivity contribution < 1.29 is 13.9 Å². The molecule has 2 aliphatic heterocycles. The summed E-state index contributed by atoms with van der Waals surface area (Å²) < 4.78 is 19.0. The summed E-state index contributed by atoms with van der Waals surface area (Å²) in [6.07, 6.45) is 4.69. The summed E-state index contributed by atoms with van der Waals surface area (Å²) in [4.78, 5) is 23.6. The van der Waals surface area contributed by atoms with E-state index in [4.69, 9.17) is 9.72 Å². The van der Waals surface area contributed by atoms with E-state index in [1.165, 1.54) is 12.1 Å². The first-order chi connectivity index (χ1) is 13.2. The van der Waals surface area contributed by atoms with Crippen LogP contribution in [0.5, 0.6) is 5.75 Å². The van der Waals surface area contributed by atoms with Crippen LogP contribution in [0.4, 0.5) is 4.39 Å². The molecule has 27 heavy (non-hydrogen) atoms. The molecule has 0 bridgehead atoms. The highest BCUT2D eigenvalue weighted by atomic mass is 19.1. The van der Waals surface area contributed by atoms with Crippen LogP contribution in [0.3, 0.4) is 0 Å². The van der Waals surface area contributed by atoms with E-state index in [1.807, 2.05) is 6.20 Å². The van der Waals surface area contributed by atoms with Crippen LogP contribution in [0, 0.1) is 5.82 Å². The van der Waals surface area contributed by atoms with Gasteiger partial charge in [-0.2, -0.15) is 0 Å². The summed E-state index contributed by atoms with van der Waals surface area (Å²) in [5.41, 5.74) is 2.28. The molecule has 4 rings (SSSR count). The topological polar surface area (TPSA) is 67.3 Å². The molecule has 1 saturated heterocycles. The fourth-order valence-electron chi connectivity index (χ4n) is 3.66. The van der Waals surface area contributed by atoms with E-state index in [0.29, 0.717) is 13.1 Å². The van der Waals surface area contributed by atoms with Gasteiger partial charge in [0.2, 0.25) is 0 Å². The molecule has 1 aromatic heterocycles. The number of para-hydroxylation sites is 1. The molecule has 1 amide bonds. The monoisotopic (exact) mass is 370 g/mol. The Labute approximate surface area is 157 Å². The minimum atomic E-state index is -0.459. The Bertz CT molecular complexity index is 829. The Morgan fingerprint density at radius 2 is 2.26 bits per heavy atom. The van der Waals surface area contributed by atoms with E-state index < -0.39 is 5.82 Å². The number of hydrogen-bond donors (Lipinski definition) is 1. The number of benzene rings is 1. The number of hydrogen-bond acceptors (Lipinski definition) is 5. The van der Waals surface area contributed by atoms with Gasteiger partial charge in [0.15, 0.2) is 18.2 Å². The standard InChI is InChI=1S/C20H23FN4O2/c21-16-5-1-2-6-18(16)27-13-19(26)25-9-3-4-14(12-25)20-23-11-15-10-22-8-7-17(15)24-20/h1-2,5-6,11,14,22H,3-4,7-10,12-13H2. The molecule has 2 aromatic rings. The number of fused-ring (bicyclic) bond motifs is 1. The van der Waals surface area contributed by atoms with E-state index in [1.54, 1.807) is 17.0 Å². The van der Waals surface area contributed by atoms with E-state index in [2.05, 4.69) is 10.3 Å². The van der Waals surface area contributed by atoms with E-state index in [-0.39, 0.29) is 24.2 Å². The van der Waals surface area contributed by atoms with E-state index in [0.717, 1.165) is 49.4 Å². The summed E-state index contributed by atoms with van der Waals surface area (Å²) in [6.45, 7) is 2.86. The van der Waals surface area contributed by atoms with Gasteiger partial charge in [-0.05, 0) is 25.0 Å². The second-order valence-electron chi connectivity index (χ2n) is 7.02. The zero-order chi connectivity index (χ0) is 18.6. The van der Waals surface area contributed by atoms with E-state index in [9.17, 15) is 9.18 Å². The quantitative estimate of drug-likeness (QED) is 0.892. The van der Waals surface area contributed by atoms with Crippen LogP contribution in [0.2, 0.25) is 0 Å². The highest BCUT2D eigenvalue weighted by molar-refractivity contribution is 5.78. The Morgan fingerprint density at radius 3 is 3.15 bits per heavy atom. The first-order valence-corrected chi connectivity index (χ1v) is 9.41. The number of piperidine rings is 1. The van der Waals surface area contributed by atoms with Crippen molar-refractivity contribution in [3.05, 3.63) is 53.4 Å². The van der Waals surface area contributed by atoms with Crippen LogP contribution in [-0.2, 0) is 17.8 Å². The molecule has 1 fully saturated rings. The third-order valence-electron chi connectivity index (χ3n) is 5.15. The molecule has 0 spiro atoms. The summed E-state index contributed by atoms with van der Waals surface area (Å²) in [6, 6.07) is 6.12. The van der Waals surface area contributed by atoms with Gasteiger partial charge in [0.1, 0.15) is 5.82 Å². The molecule has 1 aromatic carbocycles. The number of ether oxygens (including phenoxy) is 1. The molecule has 1 atom stereocenters. The summed E-state index contributed by atoms with van der Waals surface area (Å²) in [5.74, 6) is 0.467. The average molecular weight is 370 g/mol. The smallest absolute Gasteiger partial charge is 0.260 e. The number of amides is 1. The molecule has 142 valence electrons. The molecular formula is C20H23FN4O2. The minimum Gasteiger partial charge on any atom is -0.481 e. The highest BCUT2D eigenvalue weighted by Crippen LogP contribution is 2.26. The predicted octanol–water partition coefficient (Wildman–Crippen LogP) is 2.05. The number of aromatic nitrogens is 2. The van der Waals surface area contributed by atoms with Gasteiger partial charge in [-0.15, -0.1) is 0 Å². The van der Waals surface area contributed by atoms with Crippen LogP contribution in [0.1, 0.15) is 35.8 Å². The van der Waals surface area contributed by atoms with Gasteiger partial charge in [0, 0.05) is 56.0 Å².